The molecule has 4 heteroatoms. The Morgan fingerprint density at radius 2 is 2.00 bits per heavy atom. The molecular weight excluding hydrogens is 188 g/mol. The minimum atomic E-state index is 0.124. The largest absolute Gasteiger partial charge is 0.387 e. The van der Waals surface area contributed by atoms with E-state index in [0.717, 1.165) is 0 Å². The molecule has 0 saturated heterocycles. The molecule has 0 aromatic heterocycles. The molecule has 0 saturated carbocycles. The van der Waals surface area contributed by atoms with E-state index < -0.39 is 0 Å². The lowest BCUT2D eigenvalue weighted by Crippen LogP contribution is -2.16. The summed E-state index contributed by atoms with van der Waals surface area (Å²) in [4.78, 5) is 7.78. The van der Waals surface area contributed by atoms with Crippen LogP contribution in [-0.4, -0.2) is 18.3 Å². The number of guanidine groups is 1. The van der Waals surface area contributed by atoms with Gasteiger partial charge in [0.15, 0.2) is 0 Å². The van der Waals surface area contributed by atoms with Gasteiger partial charge in [-0.2, -0.15) is 0 Å². The molecule has 1 aromatic rings. The number of nitrogens with two attached hydrogens (primary N) is 2. The molecule has 4 nitrogen and oxygen atoms in total. The first-order valence-electron chi connectivity index (χ1n) is 5.66. The van der Waals surface area contributed by atoms with E-state index in [1.54, 1.807) is 25.1 Å². The fraction of sp³-hybridized carbons (Fsp3) is 0.273. The molecule has 0 amide bonds. The van der Waals surface area contributed by atoms with Crippen LogP contribution in [0.4, 0.5) is 0 Å². The van der Waals surface area contributed by atoms with Crippen LogP contribution in [0.5, 0.6) is 0 Å². The number of hydrogen-bond acceptors (Lipinski definition) is 1. The van der Waals surface area contributed by atoms with Crippen LogP contribution in [0, 0.1) is 0 Å². The SMILES string of the molecule is [2H]c1cccc([2H])c1CCN=C(N)N=C(C)N. The summed E-state index contributed by atoms with van der Waals surface area (Å²) in [5, 5.41) is 0. The van der Waals surface area contributed by atoms with Gasteiger partial charge < -0.3 is 11.5 Å². The first-order valence-corrected chi connectivity index (χ1v) is 4.66. The highest BCUT2D eigenvalue weighted by atomic mass is 15.1. The van der Waals surface area contributed by atoms with Gasteiger partial charge in [0, 0.05) is 6.54 Å². The molecule has 1 aromatic carbocycles. The van der Waals surface area contributed by atoms with Gasteiger partial charge in [-0.15, -0.1) is 0 Å². The molecule has 0 unspecified atom stereocenters. The van der Waals surface area contributed by atoms with Crippen LogP contribution in [0.1, 0.15) is 15.2 Å². The normalized spacial score (nSPS) is 14.7. The first-order chi connectivity index (χ1) is 8.00. The van der Waals surface area contributed by atoms with E-state index in [4.69, 9.17) is 14.2 Å². The van der Waals surface area contributed by atoms with Gasteiger partial charge in [-0.05, 0) is 18.9 Å². The molecule has 0 atom stereocenters. The average Bonchev–Trinajstić information content (AvgIpc) is 2.21. The Balaban J connectivity index is 2.66. The summed E-state index contributed by atoms with van der Waals surface area (Å²) in [6, 6.07) is 5.70. The minimum Gasteiger partial charge on any atom is -0.387 e. The van der Waals surface area contributed by atoms with Crippen molar-refractivity contribution >= 4 is 11.8 Å². The summed E-state index contributed by atoms with van der Waals surface area (Å²) >= 11 is 0. The highest BCUT2D eigenvalue weighted by Gasteiger charge is 1.91. The molecule has 1 rings (SSSR count). The molecule has 0 aliphatic carbocycles. The Kier molecular flexibility index (Phi) is 3.27. The number of rotatable bonds is 3. The molecular formula is C11H16N4. The van der Waals surface area contributed by atoms with Crippen LogP contribution < -0.4 is 11.5 Å². The van der Waals surface area contributed by atoms with Crippen molar-refractivity contribution in [3.63, 3.8) is 0 Å². The van der Waals surface area contributed by atoms with E-state index in [9.17, 15) is 0 Å². The van der Waals surface area contributed by atoms with Crippen LogP contribution in [-0.2, 0) is 6.42 Å². The Morgan fingerprint density at radius 1 is 1.33 bits per heavy atom. The predicted octanol–water partition coefficient (Wildman–Crippen LogP) is 0.921. The quantitative estimate of drug-likeness (QED) is 0.570. The molecule has 0 aliphatic heterocycles. The third-order valence-corrected chi connectivity index (χ3v) is 1.63. The van der Waals surface area contributed by atoms with Gasteiger partial charge in [-0.3, -0.25) is 4.99 Å². The molecule has 80 valence electrons. The molecule has 0 spiro atoms. The molecule has 0 fully saturated rings. The van der Waals surface area contributed by atoms with Gasteiger partial charge in [-0.1, -0.05) is 30.3 Å². The Morgan fingerprint density at radius 3 is 2.60 bits per heavy atom. The van der Waals surface area contributed by atoms with Gasteiger partial charge in [0.2, 0.25) is 5.96 Å². The third-order valence-electron chi connectivity index (χ3n) is 1.63. The zero-order valence-electron chi connectivity index (χ0n) is 10.7. The van der Waals surface area contributed by atoms with Crippen molar-refractivity contribution in [3.8, 4) is 0 Å². The van der Waals surface area contributed by atoms with E-state index >= 15 is 0 Å². The summed E-state index contributed by atoms with van der Waals surface area (Å²) in [7, 11) is 0. The fourth-order valence-corrected chi connectivity index (χ4v) is 1.03. The lowest BCUT2D eigenvalue weighted by molar-refractivity contribution is 0.962. The van der Waals surface area contributed by atoms with Crippen LogP contribution in [0.2, 0.25) is 0 Å². The van der Waals surface area contributed by atoms with Gasteiger partial charge in [0.1, 0.15) is 0 Å². The number of nitrogens with zero attached hydrogens (tertiary/aromatic N) is 2. The zero-order valence-corrected chi connectivity index (χ0v) is 8.70. The van der Waals surface area contributed by atoms with Crippen LogP contribution >= 0.6 is 0 Å². The second-order valence-corrected chi connectivity index (χ2v) is 3.04. The number of hydrogen-bond donors (Lipinski definition) is 2. The molecule has 0 radical (unpaired) electrons. The van der Waals surface area contributed by atoms with Crippen molar-refractivity contribution in [1.29, 1.82) is 0 Å². The predicted molar refractivity (Wildman–Crippen MR) is 63.9 cm³/mol. The molecule has 15 heavy (non-hydrogen) atoms. The number of aliphatic imine (C=N–C) groups is 2. The summed E-state index contributed by atoms with van der Waals surface area (Å²) in [6.07, 6.45) is 0.498. The third kappa shape index (κ3) is 4.81. The Hall–Kier alpha value is -1.84. The van der Waals surface area contributed by atoms with Crippen molar-refractivity contribution in [3.05, 3.63) is 35.8 Å². The van der Waals surface area contributed by atoms with Gasteiger partial charge in [-0.25, -0.2) is 4.99 Å². The maximum atomic E-state index is 7.66. The van der Waals surface area contributed by atoms with Crippen molar-refractivity contribution in [1.82, 2.24) is 0 Å². The fourth-order valence-electron chi connectivity index (χ4n) is 1.03. The van der Waals surface area contributed by atoms with Gasteiger partial charge in [0.05, 0.1) is 8.58 Å². The maximum Gasteiger partial charge on any atom is 0.216 e. The van der Waals surface area contributed by atoms with E-state index in [-0.39, 0.29) is 5.96 Å². The van der Waals surface area contributed by atoms with Crippen molar-refractivity contribution in [2.75, 3.05) is 6.54 Å². The standard InChI is InChI=1S/C11H16N4/c1-9(12)15-11(13)14-8-7-10-5-3-2-4-6-10/h2-6H,7-8H2,1H3,(H4,12,13,14,15)/i5D,6D. The molecule has 4 N–H and O–H groups in total. The van der Waals surface area contributed by atoms with Gasteiger partial charge in [0.25, 0.3) is 0 Å². The van der Waals surface area contributed by atoms with Crippen LogP contribution in [0.25, 0.3) is 0 Å². The number of benzene rings is 1. The highest BCUT2D eigenvalue weighted by molar-refractivity contribution is 5.93. The van der Waals surface area contributed by atoms with Crippen LogP contribution in [0.15, 0.2) is 40.3 Å². The summed E-state index contributed by atoms with van der Waals surface area (Å²) in [5.74, 6) is 0.479. The molecule has 0 aliphatic rings. The smallest absolute Gasteiger partial charge is 0.216 e. The second-order valence-electron chi connectivity index (χ2n) is 3.04. The zero-order chi connectivity index (χ0) is 12.8. The van der Waals surface area contributed by atoms with Crippen LogP contribution in [0.3, 0.4) is 0 Å². The van der Waals surface area contributed by atoms with Crippen molar-refractivity contribution in [2.45, 2.75) is 13.3 Å². The van der Waals surface area contributed by atoms with Crippen molar-refractivity contribution in [2.24, 2.45) is 21.5 Å². The van der Waals surface area contributed by atoms with Gasteiger partial charge >= 0.3 is 0 Å². The topological polar surface area (TPSA) is 76.8 Å². The lowest BCUT2D eigenvalue weighted by Gasteiger charge is -1.97. The highest BCUT2D eigenvalue weighted by Crippen LogP contribution is 1.99. The Labute approximate surface area is 92.5 Å². The maximum absolute atomic E-state index is 7.66. The number of amidine groups is 1. The molecule has 0 heterocycles. The monoisotopic (exact) mass is 206 g/mol. The first kappa shape index (κ1) is 8.47. The molecule has 0 bridgehead atoms. The van der Waals surface area contributed by atoms with E-state index in [1.165, 1.54) is 0 Å². The summed E-state index contributed by atoms with van der Waals surface area (Å²) < 4.78 is 15.3. The Bertz CT molecular complexity index is 431. The second kappa shape index (κ2) is 5.80. The minimum absolute atomic E-state index is 0.124. The van der Waals surface area contributed by atoms with Crippen molar-refractivity contribution < 1.29 is 2.74 Å². The lowest BCUT2D eigenvalue weighted by atomic mass is 10.2. The van der Waals surface area contributed by atoms with E-state index in [1.807, 2.05) is 0 Å². The van der Waals surface area contributed by atoms with E-state index in [0.29, 0.717) is 36.4 Å². The van der Waals surface area contributed by atoms with E-state index in [2.05, 4.69) is 9.98 Å². The average molecular weight is 206 g/mol. The summed E-state index contributed by atoms with van der Waals surface area (Å²) in [6.45, 7) is 2.02. The summed E-state index contributed by atoms with van der Waals surface area (Å²) in [5.41, 5.74) is 11.5.